The van der Waals surface area contributed by atoms with Gasteiger partial charge in [-0.25, -0.2) is 0 Å². The number of rotatable bonds is 0. The summed E-state index contributed by atoms with van der Waals surface area (Å²) in [6.45, 7) is 17.0. The molecule has 13 rings (SSSR count). The summed E-state index contributed by atoms with van der Waals surface area (Å²) in [6.07, 6.45) is 6.55. The number of aryl methyl sites for hydroxylation is 2. The van der Waals surface area contributed by atoms with Gasteiger partial charge in [-0.1, -0.05) is 257 Å². The van der Waals surface area contributed by atoms with E-state index >= 15 is 0 Å². The summed E-state index contributed by atoms with van der Waals surface area (Å²) in [5, 5.41) is 0. The first kappa shape index (κ1) is 41.7. The minimum Gasteiger partial charge on any atom is -0.0905 e. The molecular weight excluding hydrogens is 793 g/mol. The van der Waals surface area contributed by atoms with Crippen LogP contribution in [0.15, 0.2) is 245 Å². The second-order valence-corrected chi connectivity index (χ2v) is 17.0. The molecule has 66 heavy (non-hydrogen) atoms. The topological polar surface area (TPSA) is 0 Å². The van der Waals surface area contributed by atoms with Crippen molar-refractivity contribution in [3.63, 3.8) is 0 Å². The SMILES string of the molecule is C=C1c2ccccc2-c2ccccc2-c2ccccc21.C=C1c2ccccc2-c2ccccc21.C=C1c2ccccc2C=Cc2ccccc21.C=C1c2ccccc2CCc2ccccc21. The fourth-order valence-corrected chi connectivity index (χ4v) is 9.81. The summed E-state index contributed by atoms with van der Waals surface area (Å²) in [5.74, 6) is 0. The van der Waals surface area contributed by atoms with Crippen molar-refractivity contribution in [1.29, 1.82) is 0 Å². The van der Waals surface area contributed by atoms with Crippen molar-refractivity contribution in [2.45, 2.75) is 12.8 Å². The molecule has 0 radical (unpaired) electrons. The molecule has 0 unspecified atom stereocenters. The van der Waals surface area contributed by atoms with Crippen LogP contribution >= 0.6 is 0 Å². The molecule has 0 heteroatoms. The molecule has 0 heterocycles. The Labute approximate surface area is 390 Å². The van der Waals surface area contributed by atoms with E-state index in [1.54, 1.807) is 0 Å². The van der Waals surface area contributed by atoms with Crippen LogP contribution in [-0.4, -0.2) is 0 Å². The van der Waals surface area contributed by atoms with Gasteiger partial charge in [-0.15, -0.1) is 0 Å². The van der Waals surface area contributed by atoms with E-state index in [2.05, 4.69) is 257 Å². The first-order valence-electron chi connectivity index (χ1n) is 22.7. The molecule has 0 aliphatic heterocycles. The molecular formula is C66H50. The quantitative estimate of drug-likeness (QED) is 0.143. The summed E-state index contributed by atoms with van der Waals surface area (Å²) >= 11 is 0. The highest BCUT2D eigenvalue weighted by Gasteiger charge is 2.22. The fourth-order valence-electron chi connectivity index (χ4n) is 9.81. The van der Waals surface area contributed by atoms with Crippen LogP contribution in [-0.2, 0) is 12.8 Å². The van der Waals surface area contributed by atoms with Crippen LogP contribution in [0.3, 0.4) is 0 Å². The van der Waals surface area contributed by atoms with Gasteiger partial charge in [0, 0.05) is 0 Å². The van der Waals surface area contributed by atoms with Crippen molar-refractivity contribution in [2.24, 2.45) is 0 Å². The largest absolute Gasteiger partial charge is 0.0905 e. The van der Waals surface area contributed by atoms with Crippen LogP contribution in [0.4, 0.5) is 0 Å². The van der Waals surface area contributed by atoms with E-state index < -0.39 is 0 Å². The molecule has 0 N–H and O–H groups in total. The molecule has 9 aromatic carbocycles. The Hall–Kier alpha value is -8.32. The van der Waals surface area contributed by atoms with Crippen molar-refractivity contribution in [1.82, 2.24) is 0 Å². The summed E-state index contributed by atoms with van der Waals surface area (Å²) < 4.78 is 0. The molecule has 4 aliphatic rings. The molecule has 0 amide bonds. The van der Waals surface area contributed by atoms with Crippen molar-refractivity contribution in [2.75, 3.05) is 0 Å². The minimum atomic E-state index is 1.10. The van der Waals surface area contributed by atoms with Gasteiger partial charge in [-0.2, -0.15) is 0 Å². The highest BCUT2D eigenvalue weighted by atomic mass is 14.3. The van der Waals surface area contributed by atoms with Gasteiger partial charge in [0.25, 0.3) is 0 Å². The Morgan fingerprint density at radius 3 is 0.712 bits per heavy atom. The number of fused-ring (bicyclic) bond motifs is 12. The first-order valence-corrected chi connectivity index (χ1v) is 22.7. The standard InChI is InChI=1S/C20H14.C16H14.C16H12.C14H10/c1-14-15-8-2-4-10-17(15)19-12-6-7-13-20(19)18-11-5-3-9-16(14)18;2*1-12-15-8-4-2-6-13(15)10-11-14-7-3-5-9-16(12)14;1-10-11-6-2-4-8-13(11)14-9-5-3-7-12(10)14/h2-13H,1H2;2-9H,1,10-11H2;2-11H,1H2;2-9H,1H2. The third-order valence-corrected chi connectivity index (χ3v) is 13.2. The van der Waals surface area contributed by atoms with Gasteiger partial charge >= 0.3 is 0 Å². The van der Waals surface area contributed by atoms with E-state index in [0.717, 1.165) is 29.6 Å². The molecule has 314 valence electrons. The summed E-state index contributed by atoms with van der Waals surface area (Å²) in [4.78, 5) is 0. The lowest BCUT2D eigenvalue weighted by Crippen LogP contribution is -1.90. The Bertz CT molecular complexity index is 3160. The van der Waals surface area contributed by atoms with Crippen molar-refractivity contribution in [3.8, 4) is 33.4 Å². The molecule has 0 fully saturated rings. The van der Waals surface area contributed by atoms with E-state index in [1.165, 1.54) is 106 Å². The van der Waals surface area contributed by atoms with Crippen LogP contribution in [0.2, 0.25) is 0 Å². The zero-order valence-corrected chi connectivity index (χ0v) is 37.2. The molecule has 0 atom stereocenters. The third kappa shape index (κ3) is 7.95. The predicted molar refractivity (Wildman–Crippen MR) is 284 cm³/mol. The normalized spacial score (nSPS) is 12.8. The summed E-state index contributed by atoms with van der Waals surface area (Å²) in [5.41, 5.74) is 27.7. The van der Waals surface area contributed by atoms with Crippen molar-refractivity contribution >= 4 is 34.4 Å². The summed E-state index contributed by atoms with van der Waals surface area (Å²) in [6, 6.07) is 76.5. The van der Waals surface area contributed by atoms with Gasteiger partial charge in [-0.3, -0.25) is 0 Å². The van der Waals surface area contributed by atoms with Gasteiger partial charge in [-0.05, 0) is 135 Å². The second kappa shape index (κ2) is 18.4. The van der Waals surface area contributed by atoms with E-state index in [-0.39, 0.29) is 0 Å². The van der Waals surface area contributed by atoms with Gasteiger partial charge < -0.3 is 0 Å². The van der Waals surface area contributed by atoms with E-state index in [0.29, 0.717) is 0 Å². The van der Waals surface area contributed by atoms with Crippen molar-refractivity contribution in [3.05, 3.63) is 311 Å². The third-order valence-electron chi connectivity index (χ3n) is 13.2. The average Bonchev–Trinajstić information content (AvgIpc) is 3.46. The maximum atomic E-state index is 4.34. The summed E-state index contributed by atoms with van der Waals surface area (Å²) in [7, 11) is 0. The molecule has 0 bridgehead atoms. The smallest absolute Gasteiger partial charge is 0.00990 e. The number of benzene rings is 9. The lowest BCUT2D eigenvalue weighted by molar-refractivity contribution is 0.965. The molecule has 0 nitrogen and oxygen atoms in total. The number of hydrogen-bond acceptors (Lipinski definition) is 0. The van der Waals surface area contributed by atoms with Crippen LogP contribution in [0.5, 0.6) is 0 Å². The maximum absolute atomic E-state index is 4.34. The molecule has 4 aliphatic carbocycles. The lowest BCUT2D eigenvalue weighted by Gasteiger charge is -2.09. The van der Waals surface area contributed by atoms with Gasteiger partial charge in [0.15, 0.2) is 0 Å². The Kier molecular flexibility index (Phi) is 11.6. The molecule has 0 saturated carbocycles. The number of hydrogen-bond donors (Lipinski definition) is 0. The first-order chi connectivity index (χ1) is 32.5. The van der Waals surface area contributed by atoms with Gasteiger partial charge in [0.1, 0.15) is 0 Å². The Balaban J connectivity index is 0.000000104. The fraction of sp³-hybridized carbons (Fsp3) is 0.0303. The zero-order valence-electron chi connectivity index (χ0n) is 37.2. The second-order valence-electron chi connectivity index (χ2n) is 17.0. The Morgan fingerprint density at radius 2 is 0.394 bits per heavy atom. The average molecular weight is 843 g/mol. The van der Waals surface area contributed by atoms with E-state index in [4.69, 9.17) is 0 Å². The maximum Gasteiger partial charge on any atom is -0.00990 e. The molecule has 0 spiro atoms. The predicted octanol–water partition coefficient (Wildman–Crippen LogP) is 17.2. The van der Waals surface area contributed by atoms with Gasteiger partial charge in [0.2, 0.25) is 0 Å². The highest BCUT2D eigenvalue weighted by Crippen LogP contribution is 2.45. The highest BCUT2D eigenvalue weighted by molar-refractivity contribution is 6.02. The molecule has 9 aromatic rings. The minimum absolute atomic E-state index is 1.10. The van der Waals surface area contributed by atoms with Gasteiger partial charge in [0.05, 0.1) is 0 Å². The monoisotopic (exact) mass is 842 g/mol. The molecule has 0 aromatic heterocycles. The Morgan fingerprint density at radius 1 is 0.197 bits per heavy atom. The lowest BCUT2D eigenvalue weighted by atomic mass is 9.95. The van der Waals surface area contributed by atoms with E-state index in [9.17, 15) is 0 Å². The van der Waals surface area contributed by atoms with Crippen LogP contribution in [0.1, 0.15) is 66.8 Å². The van der Waals surface area contributed by atoms with Crippen LogP contribution in [0.25, 0.3) is 67.8 Å². The van der Waals surface area contributed by atoms with Crippen molar-refractivity contribution < 1.29 is 0 Å². The van der Waals surface area contributed by atoms with Crippen LogP contribution < -0.4 is 0 Å². The van der Waals surface area contributed by atoms with E-state index in [1.807, 2.05) is 0 Å². The molecule has 0 saturated heterocycles. The zero-order chi connectivity index (χ0) is 45.0. The van der Waals surface area contributed by atoms with Crippen LogP contribution in [0, 0.1) is 0 Å².